The zero-order valence-electron chi connectivity index (χ0n) is 28.7. The van der Waals surface area contributed by atoms with Gasteiger partial charge in [0.05, 0.1) is 12.2 Å². The van der Waals surface area contributed by atoms with Crippen molar-refractivity contribution in [1.29, 1.82) is 0 Å². The van der Waals surface area contributed by atoms with E-state index in [1.54, 1.807) is 0 Å². The largest absolute Gasteiger partial charge is 0.412 e. The summed E-state index contributed by atoms with van der Waals surface area (Å²) in [5, 5.41) is 0. The summed E-state index contributed by atoms with van der Waals surface area (Å²) in [6.07, 6.45) is 5.88. The Kier molecular flexibility index (Phi) is 9.30. The van der Waals surface area contributed by atoms with Crippen LogP contribution < -0.4 is 0 Å². The number of rotatable bonds is 11. The van der Waals surface area contributed by atoms with Crippen LogP contribution in [0.3, 0.4) is 0 Å². The van der Waals surface area contributed by atoms with Gasteiger partial charge in [-0.25, -0.2) is 0 Å². The smallest absolute Gasteiger partial charge is 0.204 e. The first-order chi connectivity index (χ1) is 18.9. The average molecular weight is 603 g/mol. The van der Waals surface area contributed by atoms with Crippen molar-refractivity contribution in [3.05, 3.63) is 23.8 Å². The lowest BCUT2D eigenvalue weighted by atomic mass is 9.63. The van der Waals surface area contributed by atoms with E-state index >= 15 is 0 Å². The van der Waals surface area contributed by atoms with Gasteiger partial charge in [-0.2, -0.15) is 0 Å². The molecule has 4 rings (SSSR count). The van der Waals surface area contributed by atoms with Crippen LogP contribution in [0.2, 0.25) is 33.2 Å². The number of ether oxygens (including phenoxy) is 1. The van der Waals surface area contributed by atoms with Gasteiger partial charge in [-0.3, -0.25) is 4.79 Å². The highest BCUT2D eigenvalue weighted by atomic mass is 28.4. The van der Waals surface area contributed by atoms with E-state index in [2.05, 4.69) is 103 Å². The lowest BCUT2D eigenvalue weighted by molar-refractivity contribution is -0.190. The molecule has 2 aliphatic carbocycles. The van der Waals surface area contributed by atoms with Crippen molar-refractivity contribution in [2.75, 3.05) is 6.61 Å². The second kappa shape index (κ2) is 11.4. The quantitative estimate of drug-likeness (QED) is 0.134. The molecular formula is C35H62O4Si2. The second-order valence-corrected chi connectivity index (χ2v) is 27.1. The summed E-state index contributed by atoms with van der Waals surface area (Å²) in [4.78, 5) is 13.7. The van der Waals surface area contributed by atoms with Crippen LogP contribution in [0.25, 0.3) is 0 Å². The Balaban J connectivity index is 1.76. The van der Waals surface area contributed by atoms with Crippen LogP contribution in [0.5, 0.6) is 0 Å². The molecule has 6 heteroatoms. The van der Waals surface area contributed by atoms with Gasteiger partial charge < -0.3 is 13.6 Å². The summed E-state index contributed by atoms with van der Waals surface area (Å²) < 4.78 is 22.1. The van der Waals surface area contributed by atoms with E-state index in [1.165, 1.54) is 5.57 Å². The number of hydrogen-bond acceptors (Lipinski definition) is 4. The van der Waals surface area contributed by atoms with Crippen molar-refractivity contribution < 1.29 is 18.4 Å². The summed E-state index contributed by atoms with van der Waals surface area (Å²) in [5.74, 6) is 0.377. The molecule has 1 saturated carbocycles. The Bertz CT molecular complexity index is 999. The Labute approximate surface area is 254 Å². The molecule has 0 radical (unpaired) electrons. The molecule has 0 aromatic rings. The maximum Gasteiger partial charge on any atom is 0.204 e. The van der Waals surface area contributed by atoms with Crippen molar-refractivity contribution in [3.63, 3.8) is 0 Å². The monoisotopic (exact) mass is 602 g/mol. The topological polar surface area (TPSA) is 44.8 Å². The van der Waals surface area contributed by atoms with Gasteiger partial charge in [-0.15, -0.1) is 0 Å². The lowest BCUT2D eigenvalue weighted by Gasteiger charge is -2.47. The molecule has 2 aliphatic heterocycles. The van der Waals surface area contributed by atoms with Gasteiger partial charge in [0.2, 0.25) is 16.6 Å². The third-order valence-electron chi connectivity index (χ3n) is 12.3. The first-order valence-electron chi connectivity index (χ1n) is 16.9. The van der Waals surface area contributed by atoms with E-state index in [-0.39, 0.29) is 29.1 Å². The molecule has 2 bridgehead atoms. The van der Waals surface area contributed by atoms with Crippen LogP contribution in [0.4, 0.5) is 0 Å². The molecule has 0 aromatic heterocycles. The number of fused-ring (bicyclic) bond motifs is 2. The number of hydrogen-bond donors (Lipinski definition) is 0. The first kappa shape index (κ1) is 33.4. The number of Topliss-reactive ketones (excluding diaryl/α,β-unsaturated/α-hetero) is 1. The van der Waals surface area contributed by atoms with Gasteiger partial charge in [0.15, 0.2) is 11.6 Å². The van der Waals surface area contributed by atoms with Gasteiger partial charge in [-0.1, -0.05) is 103 Å². The Morgan fingerprint density at radius 3 is 1.85 bits per heavy atom. The minimum atomic E-state index is -2.17. The molecule has 6 atom stereocenters. The van der Waals surface area contributed by atoms with Crippen LogP contribution in [-0.2, 0) is 18.4 Å². The van der Waals surface area contributed by atoms with Crippen molar-refractivity contribution in [2.24, 2.45) is 23.7 Å². The molecule has 4 aliphatic rings. The number of carbonyl (C=O) groups is 1. The van der Waals surface area contributed by atoms with Crippen LogP contribution >= 0.6 is 0 Å². The number of ketones is 1. The third-order valence-corrected chi connectivity index (χ3v) is 24.5. The first-order valence-corrected chi connectivity index (χ1v) is 21.1. The Morgan fingerprint density at radius 2 is 1.37 bits per heavy atom. The molecule has 41 heavy (non-hydrogen) atoms. The van der Waals surface area contributed by atoms with E-state index in [9.17, 15) is 4.79 Å². The zero-order chi connectivity index (χ0) is 30.9. The van der Waals surface area contributed by atoms with E-state index < -0.39 is 22.4 Å². The lowest BCUT2D eigenvalue weighted by Crippen LogP contribution is -2.54. The highest BCUT2D eigenvalue weighted by Crippen LogP contribution is 2.67. The predicted molar refractivity (Wildman–Crippen MR) is 176 cm³/mol. The Hall–Kier alpha value is -0.536. The standard InChI is InChI=1S/C35H62O4Si2/c1-21(2)40(22(3)4,23(5)6)37-20-29-16-30-19-34(39-41(24(7)8,25(9)10)26(11)12)18-28(14)35(30,38-34)32-15-27(13)33(36)31(32)17-29/h16,21-26,28,30-32H,13,15,17-20H2,1-12,14H3/t28-,30+,31-,32-,34-,35-/m1/s1. The minimum Gasteiger partial charge on any atom is -0.412 e. The zero-order valence-corrected chi connectivity index (χ0v) is 30.7. The fourth-order valence-electron chi connectivity index (χ4n) is 11.0. The fourth-order valence-corrected chi connectivity index (χ4v) is 22.0. The molecule has 4 nitrogen and oxygen atoms in total. The molecule has 1 spiro atoms. The molecule has 234 valence electrons. The summed E-state index contributed by atoms with van der Waals surface area (Å²) in [7, 11) is -4.21. The molecular weight excluding hydrogens is 541 g/mol. The maximum absolute atomic E-state index is 13.7. The molecule has 0 N–H and O–H groups in total. The molecule has 0 unspecified atom stereocenters. The average Bonchev–Trinajstić information content (AvgIpc) is 3.38. The van der Waals surface area contributed by atoms with E-state index in [0.717, 1.165) is 31.3 Å². The maximum atomic E-state index is 13.7. The number of carbonyl (C=O) groups excluding carboxylic acids is 1. The molecule has 0 aromatic carbocycles. The van der Waals surface area contributed by atoms with Gasteiger partial charge in [0.25, 0.3) is 0 Å². The predicted octanol–water partition coefficient (Wildman–Crippen LogP) is 9.97. The SMILES string of the molecule is C=C1C[C@@H]2[C@@H](CC(CO[Si](C(C)C)(C(C)C)C(C)C)=C[C@H]3C[C@]4(O[Si](C(C)C)(C(C)C)C(C)C)C[C@@H](C)[C@]23O4)C1=O. The van der Waals surface area contributed by atoms with Crippen molar-refractivity contribution in [3.8, 4) is 0 Å². The van der Waals surface area contributed by atoms with Crippen LogP contribution in [0.1, 0.15) is 116 Å². The third kappa shape index (κ3) is 4.98. The van der Waals surface area contributed by atoms with Crippen molar-refractivity contribution in [1.82, 2.24) is 0 Å². The Morgan fingerprint density at radius 1 is 0.854 bits per heavy atom. The van der Waals surface area contributed by atoms with Gasteiger partial charge >= 0.3 is 0 Å². The molecule has 2 saturated heterocycles. The fraction of sp³-hybridized carbons (Fsp3) is 0.857. The van der Waals surface area contributed by atoms with Crippen LogP contribution in [0.15, 0.2) is 23.8 Å². The molecule has 2 heterocycles. The number of allylic oxidation sites excluding steroid dienone is 1. The van der Waals surface area contributed by atoms with E-state index in [0.29, 0.717) is 45.8 Å². The summed E-state index contributed by atoms with van der Waals surface area (Å²) in [6, 6.07) is 0. The second-order valence-electron chi connectivity index (χ2n) is 16.2. The van der Waals surface area contributed by atoms with Crippen LogP contribution in [-0.4, -0.2) is 40.4 Å². The van der Waals surface area contributed by atoms with E-state index in [4.69, 9.17) is 13.6 Å². The summed E-state index contributed by atoms with van der Waals surface area (Å²) in [5.41, 5.74) is 4.83. The highest BCUT2D eigenvalue weighted by Gasteiger charge is 2.72. The molecule has 0 amide bonds. The molecule has 3 fully saturated rings. The van der Waals surface area contributed by atoms with Crippen molar-refractivity contribution >= 4 is 22.4 Å². The van der Waals surface area contributed by atoms with E-state index in [1.807, 2.05) is 0 Å². The van der Waals surface area contributed by atoms with Crippen LogP contribution in [0, 0.1) is 23.7 Å². The summed E-state index contributed by atoms with van der Waals surface area (Å²) >= 11 is 0. The highest BCUT2D eigenvalue weighted by molar-refractivity contribution is 6.78. The van der Waals surface area contributed by atoms with Gasteiger partial charge in [0.1, 0.15) is 0 Å². The van der Waals surface area contributed by atoms with Gasteiger partial charge in [0, 0.05) is 30.6 Å². The normalized spacial score (nSPS) is 34.1. The van der Waals surface area contributed by atoms with Crippen molar-refractivity contribution in [2.45, 2.75) is 160 Å². The van der Waals surface area contributed by atoms with Gasteiger partial charge in [-0.05, 0) is 63.2 Å². The summed E-state index contributed by atoms with van der Waals surface area (Å²) in [6.45, 7) is 35.6. The minimum absolute atomic E-state index is 0.0609.